The first-order valence-corrected chi connectivity index (χ1v) is 13.7. The predicted molar refractivity (Wildman–Crippen MR) is 134 cm³/mol. The molecular weight excluding hydrogens is 410 g/mol. The molecule has 5 rings (SSSR count). The first-order valence-electron chi connectivity index (χ1n) is 13.7. The molecule has 5 nitrogen and oxygen atoms in total. The molecule has 4 fully saturated rings. The van der Waals surface area contributed by atoms with Crippen LogP contribution in [0.1, 0.15) is 85.0 Å². The third-order valence-corrected chi connectivity index (χ3v) is 10.7. The second kappa shape index (κ2) is 9.28. The van der Waals surface area contributed by atoms with E-state index in [-0.39, 0.29) is 11.8 Å². The zero-order valence-electron chi connectivity index (χ0n) is 21.7. The van der Waals surface area contributed by atoms with Crippen molar-refractivity contribution in [3.8, 4) is 0 Å². The van der Waals surface area contributed by atoms with Gasteiger partial charge >= 0.3 is 0 Å². The molecule has 2 N–H and O–H groups in total. The number of nitrogens with one attached hydrogen (secondary N) is 2. The maximum atomic E-state index is 6.72. The molecule has 2 heterocycles. The summed E-state index contributed by atoms with van der Waals surface area (Å²) in [6.07, 6.45) is 12.8. The summed E-state index contributed by atoms with van der Waals surface area (Å²) in [5.41, 5.74) is 5.00. The van der Waals surface area contributed by atoms with Gasteiger partial charge in [0.25, 0.3) is 0 Å². The topological polar surface area (TPSA) is 54.9 Å². The van der Waals surface area contributed by atoms with E-state index in [0.29, 0.717) is 11.3 Å². The summed E-state index contributed by atoms with van der Waals surface area (Å²) in [6.45, 7) is 9.24. The summed E-state index contributed by atoms with van der Waals surface area (Å²) in [5, 5.41) is 11.9. The number of fused-ring (bicyclic) bond motifs is 6. The van der Waals surface area contributed by atoms with Crippen molar-refractivity contribution in [2.75, 3.05) is 27.3 Å². The number of likely N-dealkylation sites (N-methyl/N-ethyl adjacent to an activating group) is 1. The molecule has 0 aromatic carbocycles. The van der Waals surface area contributed by atoms with Crippen molar-refractivity contribution >= 4 is 5.71 Å². The van der Waals surface area contributed by atoms with Crippen LogP contribution in [-0.4, -0.2) is 44.8 Å². The van der Waals surface area contributed by atoms with Gasteiger partial charge < -0.3 is 14.9 Å². The van der Waals surface area contributed by atoms with Crippen LogP contribution in [0.4, 0.5) is 0 Å². The van der Waals surface area contributed by atoms with E-state index in [4.69, 9.17) is 9.57 Å². The highest BCUT2D eigenvalue weighted by Crippen LogP contribution is 2.63. The molecule has 0 amide bonds. The van der Waals surface area contributed by atoms with Gasteiger partial charge in [-0.15, -0.1) is 0 Å². The quantitative estimate of drug-likeness (QED) is 0.438. The van der Waals surface area contributed by atoms with Gasteiger partial charge in [-0.25, -0.2) is 0 Å². The fourth-order valence-corrected chi connectivity index (χ4v) is 8.72. The number of ether oxygens (including phenoxy) is 1. The summed E-state index contributed by atoms with van der Waals surface area (Å²) in [6, 6.07) is 0. The monoisotopic (exact) mass is 457 g/mol. The standard InChI is InChI=1S/C28H47N3O2/c1-18-13-26-28(29-4,30-16-18)11-6-7-22-23-9-8-20-14-21(31-32-5)10-12-27(20,3)25(23)15-24(22)19(2)17-33-26/h18,20,22-23,25-26,29-30H,6-17H2,1-5H3. The third kappa shape index (κ3) is 4.10. The molecule has 33 heavy (non-hydrogen) atoms. The highest BCUT2D eigenvalue weighted by atomic mass is 16.6. The van der Waals surface area contributed by atoms with Crippen molar-refractivity contribution in [1.82, 2.24) is 10.6 Å². The molecule has 5 heteroatoms. The lowest BCUT2D eigenvalue weighted by molar-refractivity contribution is -0.0575. The molecule has 0 aromatic heterocycles. The molecule has 3 aliphatic carbocycles. The van der Waals surface area contributed by atoms with E-state index >= 15 is 0 Å². The van der Waals surface area contributed by atoms with E-state index in [1.54, 1.807) is 12.7 Å². The van der Waals surface area contributed by atoms with Crippen LogP contribution in [0.3, 0.4) is 0 Å². The van der Waals surface area contributed by atoms with Crippen LogP contribution in [-0.2, 0) is 9.57 Å². The Hall–Kier alpha value is -0.910. The average molecular weight is 458 g/mol. The summed E-state index contributed by atoms with van der Waals surface area (Å²) < 4.78 is 6.72. The van der Waals surface area contributed by atoms with E-state index < -0.39 is 0 Å². The number of hydrogen-bond acceptors (Lipinski definition) is 5. The van der Waals surface area contributed by atoms with Crippen molar-refractivity contribution in [2.24, 2.45) is 40.2 Å². The van der Waals surface area contributed by atoms with Gasteiger partial charge in [0.15, 0.2) is 0 Å². The Kier molecular flexibility index (Phi) is 6.69. The molecule has 3 saturated carbocycles. The minimum atomic E-state index is -0.0631. The van der Waals surface area contributed by atoms with Gasteiger partial charge in [-0.05, 0) is 125 Å². The van der Waals surface area contributed by atoms with E-state index in [2.05, 4.69) is 43.6 Å². The molecular formula is C28H47N3O2. The predicted octanol–water partition coefficient (Wildman–Crippen LogP) is 5.27. The Labute approximate surface area is 201 Å². The maximum Gasteiger partial charge on any atom is 0.106 e. The first kappa shape index (κ1) is 23.8. The van der Waals surface area contributed by atoms with Gasteiger partial charge in [0.2, 0.25) is 0 Å². The Bertz CT molecular complexity index is 794. The van der Waals surface area contributed by atoms with Crippen LogP contribution in [0.2, 0.25) is 0 Å². The minimum Gasteiger partial charge on any atom is -0.399 e. The van der Waals surface area contributed by atoms with Crippen molar-refractivity contribution in [3.05, 3.63) is 11.1 Å². The number of oxime groups is 1. The van der Waals surface area contributed by atoms with Gasteiger partial charge in [-0.2, -0.15) is 0 Å². The Balaban J connectivity index is 1.39. The summed E-state index contributed by atoms with van der Waals surface area (Å²) in [7, 11) is 3.81. The number of rotatable bonds is 2. The molecule has 186 valence electrons. The summed E-state index contributed by atoms with van der Waals surface area (Å²) in [5.74, 6) is 3.89. The number of nitrogens with zero attached hydrogens (tertiary/aromatic N) is 1. The minimum absolute atomic E-state index is 0.0631. The summed E-state index contributed by atoms with van der Waals surface area (Å²) in [4.78, 5) is 5.14. The van der Waals surface area contributed by atoms with Crippen LogP contribution in [0.5, 0.6) is 0 Å². The zero-order chi connectivity index (χ0) is 23.2. The summed E-state index contributed by atoms with van der Waals surface area (Å²) >= 11 is 0. The molecule has 0 spiro atoms. The molecule has 5 aliphatic rings. The van der Waals surface area contributed by atoms with E-state index in [1.165, 1.54) is 49.8 Å². The molecule has 0 radical (unpaired) electrons. The van der Waals surface area contributed by atoms with Gasteiger partial charge in [0, 0.05) is 0 Å². The second-order valence-corrected chi connectivity index (χ2v) is 12.3. The SMILES string of the molecule is CNC12CCCC3C(=C(C)COC1CC(C)CN2)CC1C3CCC2CC(=NOC)CCC21C. The van der Waals surface area contributed by atoms with Crippen LogP contribution < -0.4 is 10.6 Å². The van der Waals surface area contributed by atoms with Crippen LogP contribution in [0.25, 0.3) is 0 Å². The number of piperidine rings is 1. The Morgan fingerprint density at radius 3 is 2.82 bits per heavy atom. The zero-order valence-corrected chi connectivity index (χ0v) is 21.7. The number of hydrogen-bond donors (Lipinski definition) is 2. The molecule has 8 atom stereocenters. The van der Waals surface area contributed by atoms with E-state index in [0.717, 1.165) is 62.5 Å². The van der Waals surface area contributed by atoms with Crippen molar-refractivity contribution < 1.29 is 9.57 Å². The first-order chi connectivity index (χ1) is 15.9. The van der Waals surface area contributed by atoms with E-state index in [1.807, 2.05) is 0 Å². The highest BCUT2D eigenvalue weighted by molar-refractivity contribution is 5.85. The molecule has 0 bridgehead atoms. The van der Waals surface area contributed by atoms with Crippen LogP contribution in [0.15, 0.2) is 16.3 Å². The lowest BCUT2D eigenvalue weighted by atomic mass is 9.52. The van der Waals surface area contributed by atoms with Crippen LogP contribution >= 0.6 is 0 Å². The molecule has 8 unspecified atom stereocenters. The maximum absolute atomic E-state index is 6.72. The third-order valence-electron chi connectivity index (χ3n) is 10.7. The smallest absolute Gasteiger partial charge is 0.106 e. The fraction of sp³-hybridized carbons (Fsp3) is 0.893. The molecule has 0 aromatic rings. The van der Waals surface area contributed by atoms with Crippen LogP contribution in [0, 0.1) is 35.0 Å². The lowest BCUT2D eigenvalue weighted by Gasteiger charge is -2.52. The second-order valence-electron chi connectivity index (χ2n) is 12.3. The van der Waals surface area contributed by atoms with Gasteiger partial charge in [0.05, 0.1) is 24.1 Å². The van der Waals surface area contributed by atoms with E-state index in [9.17, 15) is 0 Å². The lowest BCUT2D eigenvalue weighted by Crippen LogP contribution is -2.67. The highest BCUT2D eigenvalue weighted by Gasteiger charge is 2.55. The normalized spacial score (nSPS) is 47.4. The fourth-order valence-electron chi connectivity index (χ4n) is 8.72. The van der Waals surface area contributed by atoms with Crippen molar-refractivity contribution in [1.29, 1.82) is 0 Å². The average Bonchev–Trinajstić information content (AvgIpc) is 3.19. The molecule has 1 saturated heterocycles. The Morgan fingerprint density at radius 1 is 1.18 bits per heavy atom. The van der Waals surface area contributed by atoms with Crippen molar-refractivity contribution in [2.45, 2.75) is 96.7 Å². The number of allylic oxidation sites excluding steroid dienone is 1. The largest absolute Gasteiger partial charge is 0.399 e. The van der Waals surface area contributed by atoms with Gasteiger partial charge in [-0.3, -0.25) is 5.32 Å². The Morgan fingerprint density at radius 2 is 2.03 bits per heavy atom. The van der Waals surface area contributed by atoms with Gasteiger partial charge in [-0.1, -0.05) is 24.6 Å². The van der Waals surface area contributed by atoms with Crippen molar-refractivity contribution in [3.63, 3.8) is 0 Å². The van der Waals surface area contributed by atoms with Gasteiger partial charge in [0.1, 0.15) is 7.11 Å². The molecule has 2 aliphatic heterocycles.